The molecular weight excluding hydrogens is 264 g/mol. The van der Waals surface area contributed by atoms with E-state index in [2.05, 4.69) is 29.2 Å². The molecule has 1 heterocycles. The first-order valence-electron chi connectivity index (χ1n) is 6.98. The molecule has 3 N–H and O–H groups in total. The van der Waals surface area contributed by atoms with Gasteiger partial charge in [-0.25, -0.2) is 15.8 Å². The van der Waals surface area contributed by atoms with Gasteiger partial charge in [-0.3, -0.25) is 0 Å². The number of methoxy groups -OCH3 is 1. The third-order valence-corrected chi connectivity index (χ3v) is 3.45. The van der Waals surface area contributed by atoms with E-state index in [0.29, 0.717) is 17.6 Å². The van der Waals surface area contributed by atoms with E-state index in [4.69, 9.17) is 10.6 Å². The smallest absolute Gasteiger partial charge is 0.165 e. The number of ether oxygens (including phenoxy) is 1. The van der Waals surface area contributed by atoms with E-state index in [9.17, 15) is 0 Å². The Bertz CT molecular complexity index is 653. The standard InChI is InChI=1S/C16H22N4O/c1-9(2)14-11(4)18-15(19-16(14)20-17)12-7-6-10(3)8-13(12)21-5/h6-9H,17H2,1-5H3,(H,18,19,20). The van der Waals surface area contributed by atoms with Gasteiger partial charge in [-0.15, -0.1) is 0 Å². The number of rotatable bonds is 4. The Morgan fingerprint density at radius 1 is 1.19 bits per heavy atom. The summed E-state index contributed by atoms with van der Waals surface area (Å²) in [6, 6.07) is 5.96. The van der Waals surface area contributed by atoms with Gasteiger partial charge in [0.05, 0.1) is 12.7 Å². The molecule has 0 spiro atoms. The minimum atomic E-state index is 0.296. The quantitative estimate of drug-likeness (QED) is 0.667. The SMILES string of the molecule is COc1cc(C)ccc1-c1nc(C)c(C(C)C)c(NN)n1. The Hall–Kier alpha value is -2.14. The number of hydrogen-bond donors (Lipinski definition) is 2. The summed E-state index contributed by atoms with van der Waals surface area (Å²) in [6.07, 6.45) is 0. The van der Waals surface area contributed by atoms with Crippen molar-refractivity contribution in [1.82, 2.24) is 9.97 Å². The fourth-order valence-electron chi connectivity index (χ4n) is 2.49. The van der Waals surface area contributed by atoms with E-state index in [1.54, 1.807) is 7.11 Å². The minimum Gasteiger partial charge on any atom is -0.496 e. The third kappa shape index (κ3) is 2.97. The summed E-state index contributed by atoms with van der Waals surface area (Å²) < 4.78 is 5.44. The lowest BCUT2D eigenvalue weighted by atomic mass is 10.0. The number of nitrogens with two attached hydrogens (primary N) is 1. The zero-order valence-electron chi connectivity index (χ0n) is 13.2. The summed E-state index contributed by atoms with van der Waals surface area (Å²) >= 11 is 0. The van der Waals surface area contributed by atoms with Gasteiger partial charge in [0.2, 0.25) is 0 Å². The molecule has 0 radical (unpaired) electrons. The van der Waals surface area contributed by atoms with Crippen LogP contribution in [0, 0.1) is 13.8 Å². The number of hydrogen-bond acceptors (Lipinski definition) is 5. The molecule has 0 aliphatic rings. The molecular formula is C16H22N4O. The van der Waals surface area contributed by atoms with Gasteiger partial charge < -0.3 is 10.2 Å². The van der Waals surface area contributed by atoms with E-state index >= 15 is 0 Å². The van der Waals surface area contributed by atoms with Gasteiger partial charge in [0.1, 0.15) is 11.6 Å². The highest BCUT2D eigenvalue weighted by atomic mass is 16.5. The molecule has 0 saturated carbocycles. The van der Waals surface area contributed by atoms with Gasteiger partial charge in [-0.2, -0.15) is 0 Å². The Morgan fingerprint density at radius 3 is 2.48 bits per heavy atom. The molecule has 2 rings (SSSR count). The second kappa shape index (κ2) is 6.10. The lowest BCUT2D eigenvalue weighted by molar-refractivity contribution is 0.416. The molecule has 0 atom stereocenters. The van der Waals surface area contributed by atoms with Crippen molar-refractivity contribution < 1.29 is 4.74 Å². The van der Waals surface area contributed by atoms with Crippen molar-refractivity contribution in [3.05, 3.63) is 35.0 Å². The normalized spacial score (nSPS) is 10.8. The maximum absolute atomic E-state index is 5.63. The predicted octanol–water partition coefficient (Wildman–Crippen LogP) is 3.18. The van der Waals surface area contributed by atoms with Crippen LogP contribution in [0.3, 0.4) is 0 Å². The summed E-state index contributed by atoms with van der Waals surface area (Å²) in [5, 5.41) is 0. The average Bonchev–Trinajstić information content (AvgIpc) is 2.45. The van der Waals surface area contributed by atoms with Crippen molar-refractivity contribution in [2.75, 3.05) is 12.5 Å². The van der Waals surface area contributed by atoms with Gasteiger partial charge in [0, 0.05) is 11.3 Å². The van der Waals surface area contributed by atoms with E-state index < -0.39 is 0 Å². The monoisotopic (exact) mass is 286 g/mol. The highest BCUT2D eigenvalue weighted by Crippen LogP contribution is 2.32. The van der Waals surface area contributed by atoms with E-state index in [-0.39, 0.29) is 0 Å². The number of anilines is 1. The first kappa shape index (κ1) is 15.3. The molecule has 1 aromatic carbocycles. The summed E-state index contributed by atoms with van der Waals surface area (Å²) in [6.45, 7) is 8.19. The number of nitrogen functional groups attached to an aromatic ring is 1. The van der Waals surface area contributed by atoms with Crippen molar-refractivity contribution in [2.24, 2.45) is 5.84 Å². The van der Waals surface area contributed by atoms with Crippen LogP contribution >= 0.6 is 0 Å². The Morgan fingerprint density at radius 2 is 1.90 bits per heavy atom. The second-order valence-corrected chi connectivity index (χ2v) is 5.40. The van der Waals surface area contributed by atoms with E-state index in [1.807, 2.05) is 32.0 Å². The third-order valence-electron chi connectivity index (χ3n) is 3.45. The van der Waals surface area contributed by atoms with Crippen molar-refractivity contribution in [2.45, 2.75) is 33.6 Å². The number of benzene rings is 1. The summed E-state index contributed by atoms with van der Waals surface area (Å²) in [4.78, 5) is 9.18. The maximum Gasteiger partial charge on any atom is 0.165 e. The second-order valence-electron chi connectivity index (χ2n) is 5.40. The van der Waals surface area contributed by atoms with Crippen LogP contribution in [0.15, 0.2) is 18.2 Å². The zero-order chi connectivity index (χ0) is 15.6. The fraction of sp³-hybridized carbons (Fsp3) is 0.375. The molecule has 112 valence electrons. The number of aryl methyl sites for hydroxylation is 2. The molecule has 5 nitrogen and oxygen atoms in total. The molecule has 0 aliphatic heterocycles. The lowest BCUT2D eigenvalue weighted by Crippen LogP contribution is -2.14. The highest BCUT2D eigenvalue weighted by Gasteiger charge is 2.17. The van der Waals surface area contributed by atoms with Crippen LogP contribution in [0.1, 0.15) is 36.6 Å². The highest BCUT2D eigenvalue weighted by molar-refractivity contribution is 5.67. The van der Waals surface area contributed by atoms with E-state index in [1.165, 1.54) is 0 Å². The van der Waals surface area contributed by atoms with E-state index in [0.717, 1.165) is 28.1 Å². The topological polar surface area (TPSA) is 73.1 Å². The van der Waals surface area contributed by atoms with Crippen LogP contribution in [0.25, 0.3) is 11.4 Å². The van der Waals surface area contributed by atoms with Crippen LogP contribution in [0.4, 0.5) is 5.82 Å². The van der Waals surface area contributed by atoms with Gasteiger partial charge in [0.15, 0.2) is 5.82 Å². The first-order chi connectivity index (χ1) is 9.97. The van der Waals surface area contributed by atoms with Crippen LogP contribution in [0.5, 0.6) is 5.75 Å². The Balaban J connectivity index is 2.63. The molecule has 0 amide bonds. The molecule has 0 fully saturated rings. The van der Waals surface area contributed by atoms with Crippen LogP contribution in [0.2, 0.25) is 0 Å². The molecule has 21 heavy (non-hydrogen) atoms. The summed E-state index contributed by atoms with van der Waals surface area (Å²) in [5.41, 5.74) is 6.63. The molecule has 5 heteroatoms. The van der Waals surface area contributed by atoms with Gasteiger partial charge >= 0.3 is 0 Å². The predicted molar refractivity (Wildman–Crippen MR) is 85.4 cm³/mol. The maximum atomic E-state index is 5.63. The van der Waals surface area contributed by atoms with Crippen molar-refractivity contribution in [3.8, 4) is 17.1 Å². The fourth-order valence-corrected chi connectivity index (χ4v) is 2.49. The summed E-state index contributed by atoms with van der Waals surface area (Å²) in [5.74, 6) is 7.96. The zero-order valence-corrected chi connectivity index (χ0v) is 13.2. The van der Waals surface area contributed by atoms with Crippen molar-refractivity contribution in [3.63, 3.8) is 0 Å². The Labute approximate surface area is 125 Å². The first-order valence-corrected chi connectivity index (χ1v) is 6.98. The number of nitrogens with one attached hydrogen (secondary N) is 1. The molecule has 0 aliphatic carbocycles. The van der Waals surface area contributed by atoms with Gasteiger partial charge in [-0.1, -0.05) is 19.9 Å². The number of aromatic nitrogens is 2. The van der Waals surface area contributed by atoms with Gasteiger partial charge in [-0.05, 0) is 37.5 Å². The minimum absolute atomic E-state index is 0.296. The molecule has 0 saturated heterocycles. The lowest BCUT2D eigenvalue weighted by Gasteiger charge is -2.16. The van der Waals surface area contributed by atoms with Crippen LogP contribution in [-0.2, 0) is 0 Å². The Kier molecular flexibility index (Phi) is 4.43. The van der Waals surface area contributed by atoms with Crippen molar-refractivity contribution >= 4 is 5.82 Å². The van der Waals surface area contributed by atoms with Gasteiger partial charge in [0.25, 0.3) is 0 Å². The molecule has 2 aromatic rings. The number of hydrazine groups is 1. The average molecular weight is 286 g/mol. The summed E-state index contributed by atoms with van der Waals surface area (Å²) in [7, 11) is 1.65. The molecule has 1 aromatic heterocycles. The largest absolute Gasteiger partial charge is 0.496 e. The van der Waals surface area contributed by atoms with Crippen LogP contribution < -0.4 is 16.0 Å². The molecule has 0 unspecified atom stereocenters. The van der Waals surface area contributed by atoms with Crippen molar-refractivity contribution in [1.29, 1.82) is 0 Å². The van der Waals surface area contributed by atoms with Crippen LogP contribution in [-0.4, -0.2) is 17.1 Å². The molecule has 0 bridgehead atoms. The number of nitrogens with zero attached hydrogens (tertiary/aromatic N) is 2.